The average Bonchev–Trinajstić information content (AvgIpc) is 2.98. The van der Waals surface area contributed by atoms with E-state index in [1.165, 1.54) is 38.5 Å². The average molecular weight is 357 g/mol. The molecule has 1 aliphatic rings. The van der Waals surface area contributed by atoms with Crippen LogP contribution in [0.4, 0.5) is 5.82 Å². The molecule has 5 nitrogen and oxygen atoms in total. The Balaban J connectivity index is 1.66. The Morgan fingerprint density at radius 2 is 1.59 bits per heavy atom. The van der Waals surface area contributed by atoms with E-state index in [9.17, 15) is 0 Å². The lowest BCUT2D eigenvalue weighted by Crippen LogP contribution is -2.19. The highest BCUT2D eigenvalue weighted by Crippen LogP contribution is 2.29. The first-order valence-electron chi connectivity index (χ1n) is 9.86. The highest BCUT2D eigenvalue weighted by molar-refractivity contribution is 5.93. The predicted octanol–water partition coefficient (Wildman–Crippen LogP) is 5.08. The fourth-order valence-electron chi connectivity index (χ4n) is 4.07. The van der Waals surface area contributed by atoms with Gasteiger partial charge in [0.2, 0.25) is 0 Å². The first kappa shape index (κ1) is 16.2. The zero-order chi connectivity index (χ0) is 18.1. The Bertz CT molecular complexity index is 1060. The molecule has 0 spiro atoms. The van der Waals surface area contributed by atoms with Gasteiger partial charge in [-0.15, -0.1) is 5.10 Å². The minimum Gasteiger partial charge on any atom is -0.367 e. The van der Waals surface area contributed by atoms with Crippen LogP contribution in [0.25, 0.3) is 27.8 Å². The molecule has 5 heteroatoms. The van der Waals surface area contributed by atoms with Crippen molar-refractivity contribution < 1.29 is 0 Å². The highest BCUT2D eigenvalue weighted by atomic mass is 15.4. The molecule has 2 heterocycles. The van der Waals surface area contributed by atoms with Crippen LogP contribution in [0.1, 0.15) is 38.5 Å². The van der Waals surface area contributed by atoms with Gasteiger partial charge in [-0.1, -0.05) is 73.4 Å². The summed E-state index contributed by atoms with van der Waals surface area (Å²) >= 11 is 0. The molecular formula is C22H23N5. The molecule has 0 unspecified atom stereocenters. The van der Waals surface area contributed by atoms with E-state index in [0.717, 1.165) is 33.6 Å². The van der Waals surface area contributed by atoms with E-state index in [0.29, 0.717) is 6.04 Å². The van der Waals surface area contributed by atoms with Crippen molar-refractivity contribution in [2.75, 3.05) is 5.32 Å². The zero-order valence-corrected chi connectivity index (χ0v) is 15.3. The van der Waals surface area contributed by atoms with Gasteiger partial charge in [0, 0.05) is 17.0 Å². The summed E-state index contributed by atoms with van der Waals surface area (Å²) in [5.41, 5.74) is 3.70. The van der Waals surface area contributed by atoms with Gasteiger partial charge in [0.05, 0.1) is 5.52 Å². The van der Waals surface area contributed by atoms with Crippen LogP contribution in [0.5, 0.6) is 0 Å². The van der Waals surface area contributed by atoms with Crippen LogP contribution in [0.3, 0.4) is 0 Å². The Labute approximate surface area is 158 Å². The molecule has 0 bridgehead atoms. The first-order valence-corrected chi connectivity index (χ1v) is 9.86. The number of hydrogen-bond acceptors (Lipinski definition) is 4. The SMILES string of the molecule is c1ccc(-c2nnn3c2nc(NC2CCCCCC2)c2ccccc23)cc1. The maximum absolute atomic E-state index is 4.99. The summed E-state index contributed by atoms with van der Waals surface area (Å²) in [6.45, 7) is 0. The van der Waals surface area contributed by atoms with E-state index in [4.69, 9.17) is 4.98 Å². The van der Waals surface area contributed by atoms with Gasteiger partial charge in [-0.3, -0.25) is 0 Å². The number of fused-ring (bicyclic) bond motifs is 3. The minimum atomic E-state index is 0.488. The van der Waals surface area contributed by atoms with Crippen LogP contribution < -0.4 is 5.32 Å². The molecule has 2 aromatic heterocycles. The third-order valence-electron chi connectivity index (χ3n) is 5.49. The molecule has 0 radical (unpaired) electrons. The van der Waals surface area contributed by atoms with Crippen molar-refractivity contribution in [1.82, 2.24) is 19.8 Å². The van der Waals surface area contributed by atoms with Gasteiger partial charge in [-0.05, 0) is 25.0 Å². The number of nitrogens with zero attached hydrogens (tertiary/aromatic N) is 4. The molecule has 136 valence electrons. The van der Waals surface area contributed by atoms with Gasteiger partial charge in [-0.25, -0.2) is 4.98 Å². The molecule has 27 heavy (non-hydrogen) atoms. The van der Waals surface area contributed by atoms with Crippen molar-refractivity contribution >= 4 is 22.4 Å². The van der Waals surface area contributed by atoms with E-state index in [1.54, 1.807) is 0 Å². The van der Waals surface area contributed by atoms with Crippen LogP contribution in [-0.2, 0) is 0 Å². The van der Waals surface area contributed by atoms with Crippen LogP contribution in [0.15, 0.2) is 54.6 Å². The number of nitrogens with one attached hydrogen (secondary N) is 1. The molecule has 0 atom stereocenters. The quantitative estimate of drug-likeness (QED) is 0.520. The normalized spacial score (nSPS) is 15.9. The highest BCUT2D eigenvalue weighted by Gasteiger charge is 2.18. The number of para-hydroxylation sites is 1. The summed E-state index contributed by atoms with van der Waals surface area (Å²) in [4.78, 5) is 4.99. The zero-order valence-electron chi connectivity index (χ0n) is 15.3. The number of rotatable bonds is 3. The van der Waals surface area contributed by atoms with Gasteiger partial charge in [0.1, 0.15) is 11.5 Å². The Morgan fingerprint density at radius 1 is 0.852 bits per heavy atom. The molecule has 0 saturated heterocycles. The van der Waals surface area contributed by atoms with Gasteiger partial charge in [-0.2, -0.15) is 4.52 Å². The van der Waals surface area contributed by atoms with Crippen molar-refractivity contribution in [3.05, 3.63) is 54.6 Å². The van der Waals surface area contributed by atoms with Crippen molar-refractivity contribution in [1.29, 1.82) is 0 Å². The van der Waals surface area contributed by atoms with Gasteiger partial charge in [0.25, 0.3) is 0 Å². The topological polar surface area (TPSA) is 55.1 Å². The van der Waals surface area contributed by atoms with Crippen LogP contribution in [0, 0.1) is 0 Å². The largest absolute Gasteiger partial charge is 0.367 e. The maximum atomic E-state index is 4.99. The first-order chi connectivity index (χ1) is 13.4. The predicted molar refractivity (Wildman–Crippen MR) is 109 cm³/mol. The number of hydrogen-bond donors (Lipinski definition) is 1. The van der Waals surface area contributed by atoms with E-state index in [2.05, 4.69) is 46.0 Å². The molecule has 5 rings (SSSR count). The van der Waals surface area contributed by atoms with E-state index in [-0.39, 0.29) is 0 Å². The molecule has 0 amide bonds. The van der Waals surface area contributed by atoms with E-state index in [1.807, 2.05) is 28.8 Å². The van der Waals surface area contributed by atoms with Crippen LogP contribution in [0.2, 0.25) is 0 Å². The summed E-state index contributed by atoms with van der Waals surface area (Å²) in [5, 5.41) is 13.7. The molecule has 1 N–H and O–H groups in total. The van der Waals surface area contributed by atoms with Crippen molar-refractivity contribution in [2.24, 2.45) is 0 Å². The number of anilines is 1. The fourth-order valence-corrected chi connectivity index (χ4v) is 4.07. The monoisotopic (exact) mass is 357 g/mol. The lowest BCUT2D eigenvalue weighted by atomic mass is 10.1. The second-order valence-corrected chi connectivity index (χ2v) is 7.35. The molecule has 1 aliphatic carbocycles. The second kappa shape index (κ2) is 6.99. The number of benzene rings is 2. The smallest absolute Gasteiger partial charge is 0.186 e. The lowest BCUT2D eigenvalue weighted by molar-refractivity contribution is 0.618. The second-order valence-electron chi connectivity index (χ2n) is 7.35. The van der Waals surface area contributed by atoms with Crippen molar-refractivity contribution in [3.8, 4) is 11.3 Å². The molecule has 4 aromatic rings. The van der Waals surface area contributed by atoms with E-state index < -0.39 is 0 Å². The Kier molecular flexibility index (Phi) is 4.20. The third-order valence-corrected chi connectivity index (χ3v) is 5.49. The van der Waals surface area contributed by atoms with Crippen LogP contribution in [-0.4, -0.2) is 25.9 Å². The van der Waals surface area contributed by atoms with E-state index >= 15 is 0 Å². The van der Waals surface area contributed by atoms with Gasteiger partial charge < -0.3 is 5.32 Å². The standard InChI is InChI=1S/C22H23N5/c1-2-7-13-17(12-6-1)23-21-18-14-8-9-15-19(18)27-22(24-21)20(25-26-27)16-10-4-3-5-11-16/h3-5,8-11,14-15,17H,1-2,6-7,12-13H2,(H,23,24). The van der Waals surface area contributed by atoms with Crippen molar-refractivity contribution in [3.63, 3.8) is 0 Å². The minimum absolute atomic E-state index is 0.488. The summed E-state index contributed by atoms with van der Waals surface area (Å²) < 4.78 is 1.86. The molecular weight excluding hydrogens is 334 g/mol. The summed E-state index contributed by atoms with van der Waals surface area (Å²) in [5.74, 6) is 0.949. The molecule has 0 aliphatic heterocycles. The molecule has 2 aromatic carbocycles. The molecule has 1 saturated carbocycles. The Morgan fingerprint density at radius 3 is 2.41 bits per heavy atom. The maximum Gasteiger partial charge on any atom is 0.186 e. The summed E-state index contributed by atoms with van der Waals surface area (Å²) in [7, 11) is 0. The Hall–Kier alpha value is -2.95. The van der Waals surface area contributed by atoms with Gasteiger partial charge >= 0.3 is 0 Å². The summed E-state index contributed by atoms with van der Waals surface area (Å²) in [6.07, 6.45) is 7.70. The molecule has 1 fully saturated rings. The summed E-state index contributed by atoms with van der Waals surface area (Å²) in [6, 6.07) is 19.0. The van der Waals surface area contributed by atoms with Crippen molar-refractivity contribution in [2.45, 2.75) is 44.6 Å². The lowest BCUT2D eigenvalue weighted by Gasteiger charge is -2.18. The fraction of sp³-hybridized carbons (Fsp3) is 0.318. The van der Waals surface area contributed by atoms with Gasteiger partial charge in [0.15, 0.2) is 5.65 Å². The third kappa shape index (κ3) is 3.03. The van der Waals surface area contributed by atoms with Crippen LogP contribution >= 0.6 is 0 Å². The number of aromatic nitrogens is 4.